The molecule has 7 nitrogen and oxygen atoms in total. The Kier molecular flexibility index (Phi) is 4.26. The number of pyridine rings is 1. The first-order valence-corrected chi connectivity index (χ1v) is 12.3. The zero-order valence-corrected chi connectivity index (χ0v) is 19.7. The molecule has 1 saturated heterocycles. The third-order valence-electron chi connectivity index (χ3n) is 8.27. The van der Waals surface area contributed by atoms with Crippen molar-refractivity contribution in [1.29, 1.82) is 0 Å². The summed E-state index contributed by atoms with van der Waals surface area (Å²) in [5, 5.41) is 4.52. The molecule has 4 saturated carbocycles. The largest absolute Gasteiger partial charge is 0.394 e. The van der Waals surface area contributed by atoms with Gasteiger partial charge in [0.2, 0.25) is 0 Å². The number of rotatable bonds is 4. The van der Waals surface area contributed by atoms with E-state index in [1.54, 1.807) is 6.20 Å². The third-order valence-corrected chi connectivity index (χ3v) is 8.27. The molecule has 4 aliphatic carbocycles. The lowest BCUT2D eigenvalue weighted by Gasteiger charge is -2.70. The molecule has 10 heteroatoms. The van der Waals surface area contributed by atoms with Crippen molar-refractivity contribution in [3.05, 3.63) is 41.6 Å². The van der Waals surface area contributed by atoms with Crippen LogP contribution in [0.2, 0.25) is 0 Å². The lowest BCUT2D eigenvalue weighted by atomic mass is 9.34. The SMILES string of the molecule is Cc1cnc2c(C34CC(C(F)(F)F)(C3)C4)nc(N3C[C@@H](c4cnn(C5CC5)c4)O[C@@H](C)C3)cc2n1. The fraction of sp³-hybridized carbons (Fsp3) is 0.600. The van der Waals surface area contributed by atoms with Gasteiger partial charge in [0.25, 0.3) is 0 Å². The van der Waals surface area contributed by atoms with Gasteiger partial charge in [-0.1, -0.05) is 0 Å². The molecule has 2 bridgehead atoms. The molecule has 5 fully saturated rings. The second kappa shape index (κ2) is 6.93. The van der Waals surface area contributed by atoms with Crippen LogP contribution in [0.25, 0.3) is 11.0 Å². The average molecular weight is 485 g/mol. The molecule has 0 spiro atoms. The van der Waals surface area contributed by atoms with Crippen LogP contribution in [0, 0.1) is 12.3 Å². The minimum absolute atomic E-state index is 0.0361. The van der Waals surface area contributed by atoms with Gasteiger partial charge in [0.05, 0.1) is 47.2 Å². The van der Waals surface area contributed by atoms with Gasteiger partial charge >= 0.3 is 6.18 Å². The Balaban J connectivity index is 1.24. The summed E-state index contributed by atoms with van der Waals surface area (Å²) in [5.74, 6) is 0.730. The molecule has 1 aliphatic heterocycles. The van der Waals surface area contributed by atoms with E-state index < -0.39 is 17.0 Å². The van der Waals surface area contributed by atoms with Crippen LogP contribution in [0.3, 0.4) is 0 Å². The number of nitrogens with zero attached hydrogens (tertiary/aromatic N) is 6. The predicted octanol–water partition coefficient (Wildman–Crippen LogP) is 4.82. The Morgan fingerprint density at radius 2 is 1.86 bits per heavy atom. The van der Waals surface area contributed by atoms with E-state index in [9.17, 15) is 13.2 Å². The lowest BCUT2D eigenvalue weighted by molar-refractivity contribution is -0.337. The Hall–Kier alpha value is -2.75. The highest BCUT2D eigenvalue weighted by Gasteiger charge is 2.79. The summed E-state index contributed by atoms with van der Waals surface area (Å²) in [7, 11) is 0. The molecular weight excluding hydrogens is 457 g/mol. The van der Waals surface area contributed by atoms with Crippen LogP contribution in [0.15, 0.2) is 24.7 Å². The average Bonchev–Trinajstić information content (AvgIpc) is 3.46. The first-order valence-electron chi connectivity index (χ1n) is 12.3. The Morgan fingerprint density at radius 1 is 1.09 bits per heavy atom. The van der Waals surface area contributed by atoms with Gasteiger partial charge in [-0.2, -0.15) is 18.3 Å². The molecule has 5 aliphatic rings. The van der Waals surface area contributed by atoms with Crippen molar-refractivity contribution in [3.63, 3.8) is 0 Å². The molecule has 0 aromatic carbocycles. The second-order valence-corrected chi connectivity index (χ2v) is 11.1. The van der Waals surface area contributed by atoms with Gasteiger partial charge in [0, 0.05) is 36.0 Å². The van der Waals surface area contributed by atoms with E-state index in [-0.39, 0.29) is 31.5 Å². The van der Waals surface area contributed by atoms with E-state index >= 15 is 0 Å². The first-order chi connectivity index (χ1) is 16.6. The van der Waals surface area contributed by atoms with Gasteiger partial charge in [0.1, 0.15) is 17.4 Å². The molecule has 0 unspecified atom stereocenters. The van der Waals surface area contributed by atoms with Crippen molar-refractivity contribution in [1.82, 2.24) is 24.7 Å². The number of aromatic nitrogens is 5. The molecule has 184 valence electrons. The fourth-order valence-corrected chi connectivity index (χ4v) is 6.35. The van der Waals surface area contributed by atoms with Crippen molar-refractivity contribution in [2.45, 2.75) is 75.8 Å². The van der Waals surface area contributed by atoms with Crippen molar-refractivity contribution >= 4 is 16.9 Å². The second-order valence-electron chi connectivity index (χ2n) is 11.1. The summed E-state index contributed by atoms with van der Waals surface area (Å²) >= 11 is 0. The maximum absolute atomic E-state index is 13.6. The molecule has 4 heterocycles. The van der Waals surface area contributed by atoms with Crippen molar-refractivity contribution in [2.75, 3.05) is 18.0 Å². The van der Waals surface area contributed by atoms with Gasteiger partial charge in [-0.05, 0) is 46.0 Å². The zero-order chi connectivity index (χ0) is 24.2. The first kappa shape index (κ1) is 21.5. The topological polar surface area (TPSA) is 69.0 Å². The number of hydrogen-bond donors (Lipinski definition) is 0. The van der Waals surface area contributed by atoms with Crippen LogP contribution >= 0.6 is 0 Å². The minimum Gasteiger partial charge on any atom is -0.367 e. The summed E-state index contributed by atoms with van der Waals surface area (Å²) in [6.07, 6.45) is 3.87. The molecule has 35 heavy (non-hydrogen) atoms. The molecule has 3 aromatic rings. The van der Waals surface area contributed by atoms with Crippen LogP contribution < -0.4 is 4.90 Å². The third kappa shape index (κ3) is 3.21. The standard InChI is InChI=1S/C25H27F3N6O/c1-14-6-29-21-18(31-14)5-20(32-22(21)23-11-24(12-23,13-23)25(26,27)28)33-8-15(2)35-19(10-33)16-7-30-34(9-16)17-3-4-17/h5-7,9,15,17,19H,3-4,8,10-13H2,1-2H3/t15-,19-,23?,24?/m0/s1. The molecule has 0 N–H and O–H groups in total. The van der Waals surface area contributed by atoms with E-state index in [1.807, 2.05) is 30.8 Å². The Morgan fingerprint density at radius 3 is 2.57 bits per heavy atom. The van der Waals surface area contributed by atoms with Crippen molar-refractivity contribution in [3.8, 4) is 0 Å². The highest BCUT2D eigenvalue weighted by atomic mass is 19.4. The molecule has 8 rings (SSSR count). The van der Waals surface area contributed by atoms with Crippen LogP contribution in [0.5, 0.6) is 0 Å². The Labute approximate surface area is 200 Å². The molecular formula is C25H27F3N6O. The lowest BCUT2D eigenvalue weighted by Crippen LogP contribution is -2.70. The smallest absolute Gasteiger partial charge is 0.367 e. The maximum atomic E-state index is 13.6. The summed E-state index contributed by atoms with van der Waals surface area (Å²) in [6.45, 7) is 5.14. The number of aryl methyl sites for hydroxylation is 1. The maximum Gasteiger partial charge on any atom is 0.394 e. The van der Waals surface area contributed by atoms with Gasteiger partial charge in [-0.3, -0.25) is 9.67 Å². The van der Waals surface area contributed by atoms with Crippen LogP contribution in [0.4, 0.5) is 19.0 Å². The number of anilines is 1. The van der Waals surface area contributed by atoms with E-state index in [1.165, 1.54) is 0 Å². The predicted molar refractivity (Wildman–Crippen MR) is 122 cm³/mol. The van der Waals surface area contributed by atoms with Gasteiger partial charge in [-0.25, -0.2) is 9.97 Å². The zero-order valence-electron chi connectivity index (χ0n) is 19.7. The number of fused-ring (bicyclic) bond motifs is 1. The van der Waals surface area contributed by atoms with Crippen molar-refractivity contribution in [2.24, 2.45) is 5.41 Å². The number of halogens is 3. The summed E-state index contributed by atoms with van der Waals surface area (Å²) in [4.78, 5) is 16.4. The van der Waals surface area contributed by atoms with Gasteiger partial charge in [0.15, 0.2) is 0 Å². The van der Waals surface area contributed by atoms with Gasteiger partial charge < -0.3 is 9.64 Å². The minimum atomic E-state index is -4.16. The fourth-order valence-electron chi connectivity index (χ4n) is 6.35. The van der Waals surface area contributed by atoms with Crippen LogP contribution in [0.1, 0.15) is 68.1 Å². The normalized spacial score (nSPS) is 32.4. The highest BCUT2D eigenvalue weighted by molar-refractivity contribution is 5.81. The number of hydrogen-bond acceptors (Lipinski definition) is 6. The van der Waals surface area contributed by atoms with Crippen LogP contribution in [-0.4, -0.2) is 50.1 Å². The number of alkyl halides is 3. The quantitative estimate of drug-likeness (QED) is 0.529. The molecule has 0 radical (unpaired) electrons. The van der Waals surface area contributed by atoms with E-state index in [0.717, 1.165) is 29.9 Å². The summed E-state index contributed by atoms with van der Waals surface area (Å²) < 4.78 is 49.0. The Bertz CT molecular complexity index is 1310. The van der Waals surface area contributed by atoms with Crippen molar-refractivity contribution < 1.29 is 17.9 Å². The summed E-state index contributed by atoms with van der Waals surface area (Å²) in [5.41, 5.74) is 1.68. The molecule has 3 aromatic heterocycles. The molecule has 2 atom stereocenters. The van der Waals surface area contributed by atoms with E-state index in [0.29, 0.717) is 35.9 Å². The van der Waals surface area contributed by atoms with Gasteiger partial charge in [-0.15, -0.1) is 0 Å². The number of ether oxygens (including phenoxy) is 1. The summed E-state index contributed by atoms with van der Waals surface area (Å²) in [6, 6.07) is 2.42. The highest BCUT2D eigenvalue weighted by Crippen LogP contribution is 2.78. The van der Waals surface area contributed by atoms with E-state index in [4.69, 9.17) is 9.72 Å². The van der Waals surface area contributed by atoms with E-state index in [2.05, 4.69) is 26.2 Å². The monoisotopic (exact) mass is 484 g/mol. The number of morpholine rings is 1. The van der Waals surface area contributed by atoms with Crippen LogP contribution in [-0.2, 0) is 10.2 Å². The molecule has 0 amide bonds.